The van der Waals surface area contributed by atoms with Gasteiger partial charge in [0.05, 0.1) is 16.0 Å². The van der Waals surface area contributed by atoms with Crippen LogP contribution >= 0.6 is 0 Å². The van der Waals surface area contributed by atoms with Crippen molar-refractivity contribution in [3.8, 4) is 11.4 Å². The average Bonchev–Trinajstić information content (AvgIpc) is 3.43. The Morgan fingerprint density at radius 3 is 2.53 bits per heavy atom. The standard InChI is InChI=1S/C20H16F3N3O5S/c21-20(22,23)14-3-1-2-13(10-14)18-24-17(31-25-18)11-30-19(27)12-4-8-16(9-5-12)32(28,29)26-15-6-7-15/h1-5,8-10,15,26H,6-7,11H2. The number of hydrogen-bond donors (Lipinski definition) is 1. The third-order valence-corrected chi connectivity index (χ3v) is 6.08. The second-order valence-electron chi connectivity index (χ2n) is 7.09. The lowest BCUT2D eigenvalue weighted by molar-refractivity contribution is -0.137. The Morgan fingerprint density at radius 2 is 1.88 bits per heavy atom. The molecule has 0 bridgehead atoms. The van der Waals surface area contributed by atoms with Gasteiger partial charge >= 0.3 is 12.1 Å². The molecule has 1 saturated carbocycles. The molecule has 1 aromatic heterocycles. The van der Waals surface area contributed by atoms with Crippen molar-refractivity contribution in [1.29, 1.82) is 0 Å². The zero-order valence-corrected chi connectivity index (χ0v) is 17.1. The van der Waals surface area contributed by atoms with Gasteiger partial charge in [-0.25, -0.2) is 17.9 Å². The number of sulfonamides is 1. The minimum absolute atomic E-state index is 0.0311. The Kier molecular flexibility index (Phi) is 5.73. The molecule has 8 nitrogen and oxygen atoms in total. The monoisotopic (exact) mass is 467 g/mol. The molecule has 1 aliphatic carbocycles. The van der Waals surface area contributed by atoms with Gasteiger partial charge in [-0.15, -0.1) is 0 Å². The molecule has 0 saturated heterocycles. The minimum atomic E-state index is -4.51. The predicted molar refractivity (Wildman–Crippen MR) is 104 cm³/mol. The van der Waals surface area contributed by atoms with Crippen LogP contribution in [0.3, 0.4) is 0 Å². The highest BCUT2D eigenvalue weighted by molar-refractivity contribution is 7.89. The van der Waals surface area contributed by atoms with Crippen molar-refractivity contribution in [2.45, 2.75) is 36.6 Å². The van der Waals surface area contributed by atoms with Crippen molar-refractivity contribution in [1.82, 2.24) is 14.9 Å². The lowest BCUT2D eigenvalue weighted by Gasteiger charge is -2.06. The Bertz CT molecular complexity index is 1240. The molecule has 0 amide bonds. The molecule has 2 aromatic carbocycles. The molecule has 32 heavy (non-hydrogen) atoms. The van der Waals surface area contributed by atoms with Gasteiger partial charge in [0.2, 0.25) is 15.8 Å². The molecule has 1 heterocycles. The van der Waals surface area contributed by atoms with Crippen LogP contribution in [0, 0.1) is 0 Å². The molecule has 1 aliphatic rings. The van der Waals surface area contributed by atoms with Gasteiger partial charge in [-0.05, 0) is 49.2 Å². The third kappa shape index (κ3) is 5.14. The van der Waals surface area contributed by atoms with Gasteiger partial charge in [-0.1, -0.05) is 17.3 Å². The van der Waals surface area contributed by atoms with Crippen molar-refractivity contribution in [3.05, 3.63) is 65.5 Å². The second-order valence-corrected chi connectivity index (χ2v) is 8.80. The quantitative estimate of drug-likeness (QED) is 0.529. The van der Waals surface area contributed by atoms with Crippen molar-refractivity contribution in [2.75, 3.05) is 0 Å². The van der Waals surface area contributed by atoms with Crippen LogP contribution in [0.4, 0.5) is 13.2 Å². The number of halogens is 3. The zero-order chi connectivity index (χ0) is 22.9. The number of esters is 1. The molecule has 12 heteroatoms. The molecule has 1 N–H and O–H groups in total. The normalized spacial score (nSPS) is 14.3. The fourth-order valence-electron chi connectivity index (χ4n) is 2.73. The van der Waals surface area contributed by atoms with Crippen LogP contribution in [0.1, 0.15) is 34.7 Å². The highest BCUT2D eigenvalue weighted by Gasteiger charge is 2.31. The van der Waals surface area contributed by atoms with Crippen LogP contribution in [0.25, 0.3) is 11.4 Å². The van der Waals surface area contributed by atoms with Crippen LogP contribution in [0.2, 0.25) is 0 Å². The molecule has 0 radical (unpaired) electrons. The fraction of sp³-hybridized carbons (Fsp3) is 0.250. The summed E-state index contributed by atoms with van der Waals surface area (Å²) in [5.41, 5.74) is -0.656. The molecule has 3 aromatic rings. The van der Waals surface area contributed by atoms with Gasteiger partial charge < -0.3 is 9.26 Å². The number of nitrogens with one attached hydrogen (secondary N) is 1. The third-order valence-electron chi connectivity index (χ3n) is 4.54. The number of ether oxygens (including phenoxy) is 1. The fourth-order valence-corrected chi connectivity index (χ4v) is 4.04. The van der Waals surface area contributed by atoms with E-state index in [-0.39, 0.29) is 33.8 Å². The van der Waals surface area contributed by atoms with Crippen molar-refractivity contribution < 1.29 is 35.6 Å². The number of aromatic nitrogens is 2. The average molecular weight is 467 g/mol. The van der Waals surface area contributed by atoms with Crippen LogP contribution in [0.15, 0.2) is 57.9 Å². The van der Waals surface area contributed by atoms with Gasteiger partial charge in [0.25, 0.3) is 5.89 Å². The van der Waals surface area contributed by atoms with Gasteiger partial charge in [0.1, 0.15) is 0 Å². The van der Waals surface area contributed by atoms with Crippen LogP contribution in [-0.2, 0) is 27.5 Å². The summed E-state index contributed by atoms with van der Waals surface area (Å²) in [7, 11) is -3.64. The van der Waals surface area contributed by atoms with Crippen molar-refractivity contribution in [2.24, 2.45) is 0 Å². The lowest BCUT2D eigenvalue weighted by atomic mass is 10.1. The van der Waals surface area contributed by atoms with E-state index in [1.54, 1.807) is 0 Å². The number of nitrogens with zero attached hydrogens (tertiary/aromatic N) is 2. The summed E-state index contributed by atoms with van der Waals surface area (Å²) in [5, 5.41) is 3.61. The van der Waals surface area contributed by atoms with Crippen LogP contribution in [-0.4, -0.2) is 30.6 Å². The maximum Gasteiger partial charge on any atom is 0.416 e. The first-order valence-electron chi connectivity index (χ1n) is 9.41. The summed E-state index contributed by atoms with van der Waals surface area (Å²) in [5.74, 6) is -0.957. The van der Waals surface area contributed by atoms with Gasteiger partial charge in [0, 0.05) is 11.6 Å². The number of alkyl halides is 3. The van der Waals surface area contributed by atoms with Gasteiger partial charge in [-0.2, -0.15) is 18.2 Å². The van der Waals surface area contributed by atoms with E-state index >= 15 is 0 Å². The molecule has 0 unspecified atom stereocenters. The van der Waals surface area contributed by atoms with E-state index in [1.807, 2.05) is 0 Å². The van der Waals surface area contributed by atoms with E-state index in [0.717, 1.165) is 25.0 Å². The SMILES string of the molecule is O=C(OCc1nc(-c2cccc(C(F)(F)F)c2)no1)c1ccc(S(=O)(=O)NC2CC2)cc1. The number of benzene rings is 2. The summed E-state index contributed by atoms with van der Waals surface area (Å²) in [6.45, 7) is -0.409. The first-order chi connectivity index (χ1) is 15.1. The number of rotatable bonds is 7. The lowest BCUT2D eigenvalue weighted by Crippen LogP contribution is -2.25. The molecular weight excluding hydrogens is 451 g/mol. The molecule has 1 fully saturated rings. The van der Waals surface area contributed by atoms with Crippen molar-refractivity contribution in [3.63, 3.8) is 0 Å². The zero-order valence-electron chi connectivity index (χ0n) is 16.3. The molecular formula is C20H16F3N3O5S. The summed E-state index contributed by atoms with van der Waals surface area (Å²) in [6.07, 6.45) is -2.91. The van der Waals surface area contributed by atoms with Crippen LogP contribution in [0.5, 0.6) is 0 Å². The predicted octanol–water partition coefficient (Wildman–Crippen LogP) is 3.55. The van der Waals surface area contributed by atoms with E-state index in [4.69, 9.17) is 9.26 Å². The first kappa shape index (κ1) is 22.0. The summed E-state index contributed by atoms with van der Waals surface area (Å²) < 4.78 is 75.4. The summed E-state index contributed by atoms with van der Waals surface area (Å²) >= 11 is 0. The van der Waals surface area contributed by atoms with E-state index < -0.39 is 34.3 Å². The van der Waals surface area contributed by atoms with Gasteiger partial charge in [0.15, 0.2) is 6.61 Å². The Hall–Kier alpha value is -3.25. The smallest absolute Gasteiger partial charge is 0.416 e. The Labute approximate surface area is 180 Å². The first-order valence-corrected chi connectivity index (χ1v) is 10.9. The Morgan fingerprint density at radius 1 is 1.16 bits per heavy atom. The maximum atomic E-state index is 12.8. The summed E-state index contributed by atoms with van der Waals surface area (Å²) in [4.78, 5) is 16.2. The minimum Gasteiger partial charge on any atom is -0.452 e. The topological polar surface area (TPSA) is 111 Å². The highest BCUT2D eigenvalue weighted by atomic mass is 32.2. The summed E-state index contributed by atoms with van der Waals surface area (Å²) in [6, 6.07) is 9.58. The van der Waals surface area contributed by atoms with E-state index in [9.17, 15) is 26.4 Å². The largest absolute Gasteiger partial charge is 0.452 e. The molecule has 168 valence electrons. The Balaban J connectivity index is 1.38. The molecule has 4 rings (SSSR count). The van der Waals surface area contributed by atoms with E-state index in [1.165, 1.54) is 36.4 Å². The highest BCUT2D eigenvalue weighted by Crippen LogP contribution is 2.31. The maximum absolute atomic E-state index is 12.8. The molecule has 0 atom stereocenters. The number of carbonyl (C=O) groups excluding carboxylic acids is 1. The van der Waals surface area contributed by atoms with Crippen molar-refractivity contribution >= 4 is 16.0 Å². The van der Waals surface area contributed by atoms with Crippen LogP contribution < -0.4 is 4.72 Å². The molecule has 0 spiro atoms. The van der Waals surface area contributed by atoms with E-state index in [0.29, 0.717) is 0 Å². The number of carbonyl (C=O) groups is 1. The molecule has 0 aliphatic heterocycles. The van der Waals surface area contributed by atoms with Gasteiger partial charge in [-0.3, -0.25) is 0 Å². The second kappa shape index (κ2) is 8.36. The van der Waals surface area contributed by atoms with E-state index in [2.05, 4.69) is 14.9 Å². The number of hydrogen-bond acceptors (Lipinski definition) is 7.